The molecule has 1 heterocycles. The second-order valence-electron chi connectivity index (χ2n) is 10.3. The molecule has 0 saturated carbocycles. The first-order valence-electron chi connectivity index (χ1n) is 11.9. The van der Waals surface area contributed by atoms with Crippen LogP contribution in [-0.4, -0.2) is 39.2 Å². The number of nitrogens with zero attached hydrogens (tertiary/aromatic N) is 4. The Labute approximate surface area is 211 Å². The van der Waals surface area contributed by atoms with Crippen LogP contribution in [0.15, 0.2) is 42.5 Å². The van der Waals surface area contributed by atoms with E-state index in [-0.39, 0.29) is 18.4 Å². The zero-order chi connectivity index (χ0) is 26.7. The lowest BCUT2D eigenvalue weighted by Gasteiger charge is -2.29. The van der Waals surface area contributed by atoms with E-state index < -0.39 is 17.0 Å². The van der Waals surface area contributed by atoms with Gasteiger partial charge in [-0.2, -0.15) is 5.26 Å². The quantitative estimate of drug-likeness (QED) is 0.405. The number of rotatable bonds is 8. The molecule has 0 saturated heterocycles. The molecule has 3 N–H and O–H groups in total. The summed E-state index contributed by atoms with van der Waals surface area (Å²) in [5.74, 6) is 0.260. The second-order valence-corrected chi connectivity index (χ2v) is 10.3. The molecule has 3 rings (SSSR count). The topological polar surface area (TPSA) is 123 Å². The standard InChI is InChI=1S/C27H34N6O3/c1-7-13-26(2,3)23(34)32(6)20-11-12-22-21(15-20)30-24(33(22)17-27(4,5)36)31-25(35)29-19-10-8-9-18(14-19)16-28/h8-12,14-15,36H,7,13,17H2,1-6H3,(H2,29,30,31,35). The number of aliphatic hydroxyl groups is 1. The van der Waals surface area contributed by atoms with Crippen LogP contribution in [0, 0.1) is 16.7 Å². The van der Waals surface area contributed by atoms with E-state index in [0.29, 0.717) is 28.0 Å². The van der Waals surface area contributed by atoms with E-state index in [9.17, 15) is 14.7 Å². The number of carbonyl (C=O) groups excluding carboxylic acids is 2. The first-order valence-corrected chi connectivity index (χ1v) is 11.9. The number of hydrogen-bond acceptors (Lipinski definition) is 5. The van der Waals surface area contributed by atoms with Crippen molar-refractivity contribution < 1.29 is 14.7 Å². The molecule has 1 aromatic heterocycles. The Morgan fingerprint density at radius 1 is 1.14 bits per heavy atom. The van der Waals surface area contributed by atoms with E-state index in [1.54, 1.807) is 60.7 Å². The molecular weight excluding hydrogens is 456 g/mol. The Hall–Kier alpha value is -3.90. The van der Waals surface area contributed by atoms with Crippen molar-refractivity contribution >= 4 is 40.3 Å². The van der Waals surface area contributed by atoms with Crippen molar-refractivity contribution in [1.82, 2.24) is 9.55 Å². The molecule has 2 aromatic carbocycles. The number of nitriles is 1. The molecular formula is C27H34N6O3. The lowest BCUT2D eigenvalue weighted by molar-refractivity contribution is -0.126. The van der Waals surface area contributed by atoms with Crippen LogP contribution >= 0.6 is 0 Å². The first-order chi connectivity index (χ1) is 16.8. The van der Waals surface area contributed by atoms with E-state index in [0.717, 1.165) is 12.8 Å². The molecule has 9 heteroatoms. The van der Waals surface area contributed by atoms with Crippen LogP contribution in [0.5, 0.6) is 0 Å². The number of amides is 3. The van der Waals surface area contributed by atoms with Gasteiger partial charge >= 0.3 is 6.03 Å². The highest BCUT2D eigenvalue weighted by atomic mass is 16.3. The van der Waals surface area contributed by atoms with Gasteiger partial charge in [0.1, 0.15) is 0 Å². The number of nitrogens with one attached hydrogen (secondary N) is 2. The van der Waals surface area contributed by atoms with Gasteiger partial charge in [-0.1, -0.05) is 33.3 Å². The largest absolute Gasteiger partial charge is 0.389 e. The van der Waals surface area contributed by atoms with Crippen LogP contribution in [-0.2, 0) is 11.3 Å². The van der Waals surface area contributed by atoms with Gasteiger partial charge in [-0.25, -0.2) is 9.78 Å². The molecule has 3 amide bonds. The number of carbonyl (C=O) groups is 2. The fourth-order valence-corrected chi connectivity index (χ4v) is 4.20. The fraction of sp³-hybridized carbons (Fsp3) is 0.407. The van der Waals surface area contributed by atoms with E-state index in [4.69, 9.17) is 5.26 Å². The Balaban J connectivity index is 1.94. The zero-order valence-electron chi connectivity index (χ0n) is 21.7. The van der Waals surface area contributed by atoms with Crippen LogP contribution in [0.2, 0.25) is 0 Å². The summed E-state index contributed by atoms with van der Waals surface area (Å²) in [4.78, 5) is 32.1. The summed E-state index contributed by atoms with van der Waals surface area (Å²) in [6, 6.07) is 13.5. The van der Waals surface area contributed by atoms with Gasteiger partial charge in [0, 0.05) is 23.8 Å². The maximum Gasteiger partial charge on any atom is 0.326 e. The summed E-state index contributed by atoms with van der Waals surface area (Å²) >= 11 is 0. The van der Waals surface area contributed by atoms with Gasteiger partial charge in [0.2, 0.25) is 11.9 Å². The Kier molecular flexibility index (Phi) is 7.70. The van der Waals surface area contributed by atoms with Crippen LogP contribution in [0.25, 0.3) is 11.0 Å². The normalized spacial score (nSPS) is 11.7. The Morgan fingerprint density at radius 2 is 1.86 bits per heavy atom. The molecule has 0 radical (unpaired) electrons. The highest BCUT2D eigenvalue weighted by Crippen LogP contribution is 2.30. The molecule has 0 atom stereocenters. The molecule has 0 fully saturated rings. The van der Waals surface area contributed by atoms with Crippen molar-refractivity contribution in [2.45, 2.75) is 59.6 Å². The van der Waals surface area contributed by atoms with Gasteiger partial charge in [-0.15, -0.1) is 0 Å². The van der Waals surface area contributed by atoms with Crippen molar-refractivity contribution in [3.8, 4) is 6.07 Å². The molecule has 0 bridgehead atoms. The number of hydrogen-bond donors (Lipinski definition) is 3. The van der Waals surface area contributed by atoms with Gasteiger partial charge in [-0.3, -0.25) is 10.1 Å². The predicted octanol–water partition coefficient (Wildman–Crippen LogP) is 5.11. The molecule has 0 spiro atoms. The third kappa shape index (κ3) is 6.20. The van der Waals surface area contributed by atoms with E-state index in [1.807, 2.05) is 32.0 Å². The molecule has 0 aliphatic heterocycles. The highest BCUT2D eigenvalue weighted by molar-refractivity contribution is 6.01. The summed E-state index contributed by atoms with van der Waals surface area (Å²) < 4.78 is 1.73. The predicted molar refractivity (Wildman–Crippen MR) is 142 cm³/mol. The van der Waals surface area contributed by atoms with Gasteiger partial charge in [0.25, 0.3) is 0 Å². The minimum absolute atomic E-state index is 0.0111. The number of imidazole rings is 1. The van der Waals surface area contributed by atoms with Crippen molar-refractivity contribution in [3.05, 3.63) is 48.0 Å². The first kappa shape index (κ1) is 26.7. The summed E-state index contributed by atoms with van der Waals surface area (Å²) in [6.07, 6.45) is 1.68. The summed E-state index contributed by atoms with van der Waals surface area (Å²) in [6.45, 7) is 9.47. The maximum absolute atomic E-state index is 13.1. The van der Waals surface area contributed by atoms with Crippen LogP contribution in [0.3, 0.4) is 0 Å². The van der Waals surface area contributed by atoms with Gasteiger partial charge < -0.3 is 19.9 Å². The average molecular weight is 491 g/mol. The SMILES string of the molecule is CCCC(C)(C)C(=O)N(C)c1ccc2c(c1)nc(NC(=O)Nc1cccc(C#N)c1)n2CC(C)(C)O. The van der Waals surface area contributed by atoms with Crippen LogP contribution < -0.4 is 15.5 Å². The van der Waals surface area contributed by atoms with Crippen molar-refractivity contribution in [2.24, 2.45) is 5.41 Å². The summed E-state index contributed by atoms with van der Waals surface area (Å²) in [5.41, 5.74) is 1.30. The number of fused-ring (bicyclic) bond motifs is 1. The lowest BCUT2D eigenvalue weighted by atomic mass is 9.86. The third-order valence-corrected chi connectivity index (χ3v) is 5.90. The minimum Gasteiger partial charge on any atom is -0.389 e. The number of benzene rings is 2. The van der Waals surface area contributed by atoms with E-state index in [1.165, 1.54) is 0 Å². The van der Waals surface area contributed by atoms with Crippen molar-refractivity contribution in [2.75, 3.05) is 22.6 Å². The summed E-state index contributed by atoms with van der Waals surface area (Å²) in [7, 11) is 1.75. The fourth-order valence-electron chi connectivity index (χ4n) is 4.20. The molecule has 190 valence electrons. The Morgan fingerprint density at radius 3 is 2.50 bits per heavy atom. The van der Waals surface area contributed by atoms with E-state index >= 15 is 0 Å². The molecule has 9 nitrogen and oxygen atoms in total. The van der Waals surface area contributed by atoms with Crippen molar-refractivity contribution in [1.29, 1.82) is 5.26 Å². The number of urea groups is 1. The summed E-state index contributed by atoms with van der Waals surface area (Å²) in [5, 5.41) is 25.0. The number of aromatic nitrogens is 2. The number of anilines is 3. The smallest absolute Gasteiger partial charge is 0.326 e. The van der Waals surface area contributed by atoms with Crippen molar-refractivity contribution in [3.63, 3.8) is 0 Å². The molecule has 0 aliphatic carbocycles. The second kappa shape index (κ2) is 10.4. The lowest BCUT2D eigenvalue weighted by Crippen LogP contribution is -2.38. The Bertz CT molecular complexity index is 1310. The van der Waals surface area contributed by atoms with Gasteiger partial charge in [0.15, 0.2) is 0 Å². The monoisotopic (exact) mass is 490 g/mol. The zero-order valence-corrected chi connectivity index (χ0v) is 21.7. The maximum atomic E-state index is 13.1. The minimum atomic E-state index is -1.07. The molecule has 3 aromatic rings. The molecule has 36 heavy (non-hydrogen) atoms. The highest BCUT2D eigenvalue weighted by Gasteiger charge is 2.30. The molecule has 0 unspecified atom stereocenters. The van der Waals surface area contributed by atoms with Gasteiger partial charge in [-0.05, 0) is 56.7 Å². The van der Waals surface area contributed by atoms with E-state index in [2.05, 4.69) is 22.5 Å². The van der Waals surface area contributed by atoms with Crippen LogP contribution in [0.4, 0.5) is 22.1 Å². The van der Waals surface area contributed by atoms with Crippen LogP contribution in [0.1, 0.15) is 53.0 Å². The van der Waals surface area contributed by atoms with Gasteiger partial charge in [0.05, 0.1) is 34.8 Å². The average Bonchev–Trinajstić information content (AvgIpc) is 3.12. The third-order valence-electron chi connectivity index (χ3n) is 5.90. The molecule has 0 aliphatic rings.